The number of ether oxygens (including phenoxy) is 2. The van der Waals surface area contributed by atoms with Crippen molar-refractivity contribution >= 4 is 8.32 Å². The van der Waals surface area contributed by atoms with Crippen molar-refractivity contribution in [1.82, 2.24) is 9.55 Å². The van der Waals surface area contributed by atoms with Crippen LogP contribution in [0.15, 0.2) is 17.1 Å². The maximum Gasteiger partial charge on any atom is 0.302 e. The lowest BCUT2D eigenvalue weighted by molar-refractivity contribution is -0.155. The Balaban J connectivity index is 1.99. The van der Waals surface area contributed by atoms with Crippen LogP contribution < -0.4 is 10.3 Å². The SMILES string of the molecule is C[C@H]1Oc2nc(=O)ccn2[C@H]2CC(O[Si](C)(C)C(C)(C)C)[C@]1(CO)O2. The highest BCUT2D eigenvalue weighted by atomic mass is 28.4. The van der Waals surface area contributed by atoms with Crippen LogP contribution in [0.5, 0.6) is 6.01 Å². The van der Waals surface area contributed by atoms with E-state index in [2.05, 4.69) is 38.8 Å². The van der Waals surface area contributed by atoms with Gasteiger partial charge in [-0.25, -0.2) is 0 Å². The van der Waals surface area contributed by atoms with Crippen molar-refractivity contribution in [2.75, 3.05) is 6.61 Å². The molecule has 0 aliphatic carbocycles. The van der Waals surface area contributed by atoms with Crippen molar-refractivity contribution in [1.29, 1.82) is 0 Å². The third-order valence-corrected chi connectivity index (χ3v) is 10.4. The second-order valence-electron chi connectivity index (χ2n) is 8.50. The molecule has 2 bridgehead atoms. The fraction of sp³-hybridized carbons (Fsp3) is 0.765. The summed E-state index contributed by atoms with van der Waals surface area (Å²) in [5.74, 6) is 0. The van der Waals surface area contributed by atoms with Crippen LogP contribution in [0.25, 0.3) is 0 Å². The molecular formula is C17H28N2O5Si. The van der Waals surface area contributed by atoms with Crippen LogP contribution in [0.4, 0.5) is 0 Å². The van der Waals surface area contributed by atoms with Gasteiger partial charge in [-0.2, -0.15) is 4.98 Å². The predicted molar refractivity (Wildman–Crippen MR) is 95.2 cm³/mol. The minimum atomic E-state index is -2.06. The van der Waals surface area contributed by atoms with Crippen molar-refractivity contribution in [2.24, 2.45) is 0 Å². The van der Waals surface area contributed by atoms with Crippen molar-refractivity contribution in [2.45, 2.75) is 76.3 Å². The van der Waals surface area contributed by atoms with Gasteiger partial charge in [-0.3, -0.25) is 9.36 Å². The van der Waals surface area contributed by atoms with E-state index in [0.717, 1.165) is 0 Å². The molecular weight excluding hydrogens is 340 g/mol. The van der Waals surface area contributed by atoms with E-state index >= 15 is 0 Å². The summed E-state index contributed by atoms with van der Waals surface area (Å²) < 4.78 is 20.5. The third-order valence-electron chi connectivity index (χ3n) is 5.89. The number of hydrogen-bond acceptors (Lipinski definition) is 6. The minimum Gasteiger partial charge on any atom is -0.458 e. The Labute approximate surface area is 149 Å². The summed E-state index contributed by atoms with van der Waals surface area (Å²) in [6.45, 7) is 12.5. The molecule has 1 unspecified atom stereocenters. The van der Waals surface area contributed by atoms with Gasteiger partial charge >= 0.3 is 6.01 Å². The summed E-state index contributed by atoms with van der Waals surface area (Å²) in [5, 5.41) is 10.3. The van der Waals surface area contributed by atoms with Gasteiger partial charge in [-0.15, -0.1) is 0 Å². The summed E-state index contributed by atoms with van der Waals surface area (Å²) in [6.07, 6.45) is 1.05. The first-order valence-corrected chi connectivity index (χ1v) is 11.6. The van der Waals surface area contributed by atoms with E-state index in [0.29, 0.717) is 6.42 Å². The first-order chi connectivity index (χ1) is 11.5. The van der Waals surface area contributed by atoms with Crippen LogP contribution in [0.3, 0.4) is 0 Å². The molecule has 2 aliphatic heterocycles. The fourth-order valence-corrected chi connectivity index (χ4v) is 4.56. The van der Waals surface area contributed by atoms with E-state index < -0.39 is 20.0 Å². The molecule has 1 saturated heterocycles. The van der Waals surface area contributed by atoms with Crippen LogP contribution in [0.1, 0.15) is 40.3 Å². The van der Waals surface area contributed by atoms with Gasteiger partial charge < -0.3 is 19.0 Å². The Morgan fingerprint density at radius 3 is 2.76 bits per heavy atom. The molecule has 0 amide bonds. The maximum atomic E-state index is 11.6. The second-order valence-corrected chi connectivity index (χ2v) is 13.3. The van der Waals surface area contributed by atoms with Crippen LogP contribution >= 0.6 is 0 Å². The first-order valence-electron chi connectivity index (χ1n) is 8.72. The van der Waals surface area contributed by atoms with E-state index in [4.69, 9.17) is 13.9 Å². The average molecular weight is 369 g/mol. The molecule has 0 aromatic carbocycles. The highest BCUT2D eigenvalue weighted by molar-refractivity contribution is 6.74. The van der Waals surface area contributed by atoms with Crippen LogP contribution in [0, 0.1) is 0 Å². The zero-order chi connectivity index (χ0) is 18.6. The summed E-state index contributed by atoms with van der Waals surface area (Å²) in [6, 6.07) is 1.61. The van der Waals surface area contributed by atoms with Gasteiger partial charge in [0, 0.05) is 18.7 Å². The van der Waals surface area contributed by atoms with Gasteiger partial charge in [0.05, 0.1) is 12.7 Å². The summed E-state index contributed by atoms with van der Waals surface area (Å²) >= 11 is 0. The smallest absolute Gasteiger partial charge is 0.302 e. The van der Waals surface area contributed by atoms with Crippen LogP contribution in [-0.2, 0) is 9.16 Å². The Morgan fingerprint density at radius 1 is 1.48 bits per heavy atom. The van der Waals surface area contributed by atoms with Crippen molar-refractivity contribution < 1.29 is 19.0 Å². The fourth-order valence-electron chi connectivity index (χ4n) is 3.20. The van der Waals surface area contributed by atoms with E-state index in [1.807, 2.05) is 6.92 Å². The average Bonchev–Trinajstić information content (AvgIpc) is 2.79. The first kappa shape index (κ1) is 18.6. The molecule has 0 saturated carbocycles. The molecule has 25 heavy (non-hydrogen) atoms. The van der Waals surface area contributed by atoms with Gasteiger partial charge in [-0.05, 0) is 25.1 Å². The zero-order valence-electron chi connectivity index (χ0n) is 15.8. The summed E-state index contributed by atoms with van der Waals surface area (Å²) in [4.78, 5) is 15.5. The molecule has 8 heteroatoms. The molecule has 2 aliphatic rings. The lowest BCUT2D eigenvalue weighted by Gasteiger charge is -2.44. The molecule has 0 radical (unpaired) electrons. The standard InChI is InChI=1S/C17H28N2O5Si/c1-11-17(10-20)12(24-25(5,6)16(2,3)4)9-14(23-17)19-8-7-13(21)18-15(19)22-11/h7-8,11-12,14,20H,9-10H2,1-6H3/t11-,12?,14-,17-/m1/s1. The number of hydrogen-bond donors (Lipinski definition) is 1. The predicted octanol–water partition coefficient (Wildman–Crippen LogP) is 2.06. The van der Waals surface area contributed by atoms with Gasteiger partial charge in [-0.1, -0.05) is 20.8 Å². The Morgan fingerprint density at radius 2 is 2.16 bits per heavy atom. The van der Waals surface area contributed by atoms with Crippen LogP contribution in [0.2, 0.25) is 18.1 Å². The molecule has 7 nitrogen and oxygen atoms in total. The van der Waals surface area contributed by atoms with Crippen molar-refractivity contribution in [3.63, 3.8) is 0 Å². The van der Waals surface area contributed by atoms with E-state index in [1.165, 1.54) is 6.07 Å². The number of rotatable bonds is 3. The van der Waals surface area contributed by atoms with Crippen molar-refractivity contribution in [3.05, 3.63) is 22.6 Å². The van der Waals surface area contributed by atoms with E-state index in [1.54, 1.807) is 10.8 Å². The zero-order valence-corrected chi connectivity index (χ0v) is 16.8. The molecule has 4 atom stereocenters. The number of aliphatic hydroxyl groups excluding tert-OH is 1. The van der Waals surface area contributed by atoms with E-state index in [-0.39, 0.29) is 35.5 Å². The molecule has 3 rings (SSSR count). The summed E-state index contributed by atoms with van der Waals surface area (Å²) in [5.41, 5.74) is -1.33. The molecule has 140 valence electrons. The number of fused-ring (bicyclic) bond motifs is 4. The Hall–Kier alpha value is -1.22. The molecule has 1 aromatic rings. The maximum absolute atomic E-state index is 11.6. The molecule has 3 heterocycles. The quantitative estimate of drug-likeness (QED) is 0.823. The lowest BCUT2D eigenvalue weighted by Crippen LogP contribution is -2.58. The Kier molecular flexibility index (Phi) is 4.38. The molecule has 1 fully saturated rings. The third kappa shape index (κ3) is 2.95. The van der Waals surface area contributed by atoms with Gasteiger partial charge in [0.2, 0.25) is 0 Å². The van der Waals surface area contributed by atoms with E-state index in [9.17, 15) is 9.90 Å². The normalized spacial score (nSPS) is 32.0. The largest absolute Gasteiger partial charge is 0.458 e. The van der Waals surface area contributed by atoms with Crippen LogP contribution in [-0.4, -0.2) is 47.4 Å². The lowest BCUT2D eigenvalue weighted by atomic mass is 9.92. The Bertz CT molecular complexity index is 714. The van der Waals surface area contributed by atoms with Gasteiger partial charge in [0.15, 0.2) is 13.9 Å². The highest BCUT2D eigenvalue weighted by Gasteiger charge is 2.58. The topological polar surface area (TPSA) is 82.8 Å². The minimum absolute atomic E-state index is 0.0462. The monoisotopic (exact) mass is 368 g/mol. The molecule has 1 aromatic heterocycles. The highest BCUT2D eigenvalue weighted by Crippen LogP contribution is 2.48. The van der Waals surface area contributed by atoms with Crippen molar-refractivity contribution in [3.8, 4) is 6.01 Å². The van der Waals surface area contributed by atoms with Gasteiger partial charge in [0.25, 0.3) is 5.56 Å². The number of aliphatic hydroxyl groups is 1. The molecule has 1 N–H and O–H groups in total. The number of aromatic nitrogens is 2. The number of nitrogens with zero attached hydrogens (tertiary/aromatic N) is 2. The van der Waals surface area contributed by atoms with Gasteiger partial charge in [0.1, 0.15) is 12.3 Å². The summed E-state index contributed by atoms with van der Waals surface area (Å²) in [7, 11) is -2.06. The molecule has 0 spiro atoms. The second kappa shape index (κ2) is 5.90.